The van der Waals surface area contributed by atoms with Crippen molar-refractivity contribution in [3.63, 3.8) is 0 Å². The Morgan fingerprint density at radius 2 is 2.29 bits per heavy atom. The number of aliphatic hydroxyl groups is 4. The van der Waals surface area contributed by atoms with Crippen molar-refractivity contribution < 1.29 is 25.2 Å². The van der Waals surface area contributed by atoms with E-state index in [1.807, 2.05) is 0 Å². The summed E-state index contributed by atoms with van der Waals surface area (Å²) >= 11 is 0. The predicted molar refractivity (Wildman–Crippen MR) is 52.1 cm³/mol. The Labute approximate surface area is 96.1 Å². The van der Waals surface area contributed by atoms with Crippen LogP contribution in [-0.4, -0.2) is 57.2 Å². The standard InChI is InChI=1S/C8H12N4O5/c9-2-1-5(13)8(16)7(15)6(14)4(3-17-8)11-12-10/h4-7,13-16H,1,3H2/t4-,5-,6-,7+,8-/m1/s1. The fourth-order valence-corrected chi connectivity index (χ4v) is 1.55. The topological polar surface area (TPSA) is 163 Å². The van der Waals surface area contributed by atoms with Crippen LogP contribution in [0, 0.1) is 11.3 Å². The molecule has 9 nitrogen and oxygen atoms in total. The van der Waals surface area contributed by atoms with Crippen LogP contribution >= 0.6 is 0 Å². The summed E-state index contributed by atoms with van der Waals surface area (Å²) in [6.45, 7) is -0.374. The quantitative estimate of drug-likeness (QED) is 0.265. The number of ether oxygens (including phenoxy) is 1. The number of rotatable bonds is 3. The maximum atomic E-state index is 9.83. The van der Waals surface area contributed by atoms with E-state index in [0.717, 1.165) is 0 Å². The Bertz CT molecular complexity index is 365. The molecule has 94 valence electrons. The van der Waals surface area contributed by atoms with Crippen LogP contribution in [0.1, 0.15) is 6.42 Å². The SMILES string of the molecule is N#CC[C@@H](O)[C@@]1(O)OC[C@@H](N=[N+]=[N-])[C@@H](O)[C@@H]1O. The van der Waals surface area contributed by atoms with Crippen LogP contribution in [0.25, 0.3) is 10.4 Å². The molecule has 1 aliphatic heterocycles. The predicted octanol–water partition coefficient (Wildman–Crippen LogP) is -1.62. The molecule has 0 aromatic heterocycles. The van der Waals surface area contributed by atoms with Crippen molar-refractivity contribution in [3.8, 4) is 6.07 Å². The van der Waals surface area contributed by atoms with Gasteiger partial charge in [0.2, 0.25) is 5.79 Å². The average molecular weight is 244 g/mol. The van der Waals surface area contributed by atoms with Crippen molar-refractivity contribution in [1.82, 2.24) is 0 Å². The summed E-state index contributed by atoms with van der Waals surface area (Å²) in [5.41, 5.74) is 8.20. The van der Waals surface area contributed by atoms with E-state index in [1.165, 1.54) is 0 Å². The third-order valence-corrected chi connectivity index (χ3v) is 2.59. The molecular formula is C8H12N4O5. The normalized spacial score (nSPS) is 38.9. The molecule has 0 aliphatic carbocycles. The van der Waals surface area contributed by atoms with Crippen LogP contribution < -0.4 is 0 Å². The summed E-state index contributed by atoms with van der Waals surface area (Å²) < 4.78 is 4.81. The van der Waals surface area contributed by atoms with Gasteiger partial charge in [-0.2, -0.15) is 5.26 Å². The Morgan fingerprint density at radius 3 is 2.82 bits per heavy atom. The molecule has 0 saturated carbocycles. The Balaban J connectivity index is 2.86. The molecule has 1 aliphatic rings. The van der Waals surface area contributed by atoms with Crippen molar-refractivity contribution >= 4 is 0 Å². The Morgan fingerprint density at radius 1 is 1.65 bits per heavy atom. The van der Waals surface area contributed by atoms with Gasteiger partial charge in [-0.15, -0.1) is 0 Å². The van der Waals surface area contributed by atoms with Crippen LogP contribution in [0.3, 0.4) is 0 Å². The maximum absolute atomic E-state index is 9.83. The maximum Gasteiger partial charge on any atom is 0.222 e. The van der Waals surface area contributed by atoms with Crippen molar-refractivity contribution in [2.75, 3.05) is 6.61 Å². The highest BCUT2D eigenvalue weighted by Gasteiger charge is 2.52. The van der Waals surface area contributed by atoms with E-state index in [1.54, 1.807) is 6.07 Å². The lowest BCUT2D eigenvalue weighted by Gasteiger charge is -2.43. The molecule has 1 saturated heterocycles. The molecule has 0 aromatic carbocycles. The van der Waals surface area contributed by atoms with Crippen LogP contribution in [-0.2, 0) is 4.74 Å². The molecule has 0 unspecified atom stereocenters. The molecule has 0 bridgehead atoms. The lowest BCUT2D eigenvalue weighted by molar-refractivity contribution is -0.337. The smallest absolute Gasteiger partial charge is 0.222 e. The van der Waals surface area contributed by atoms with Gasteiger partial charge in [-0.25, -0.2) is 0 Å². The van der Waals surface area contributed by atoms with Crippen LogP contribution in [0.5, 0.6) is 0 Å². The number of hydrogen-bond acceptors (Lipinski definition) is 7. The first-order valence-corrected chi connectivity index (χ1v) is 4.79. The van der Waals surface area contributed by atoms with Gasteiger partial charge in [0, 0.05) is 4.91 Å². The van der Waals surface area contributed by atoms with Gasteiger partial charge in [0.1, 0.15) is 12.2 Å². The first-order chi connectivity index (χ1) is 7.97. The Hall–Kier alpha value is -1.40. The molecule has 5 atom stereocenters. The minimum Gasteiger partial charge on any atom is -0.390 e. The number of nitrogens with zero attached hydrogens (tertiary/aromatic N) is 4. The molecule has 1 heterocycles. The summed E-state index contributed by atoms with van der Waals surface area (Å²) in [5.74, 6) is -2.45. The number of azide groups is 1. The summed E-state index contributed by atoms with van der Waals surface area (Å²) in [6, 6.07) is 0.532. The second-order valence-electron chi connectivity index (χ2n) is 3.65. The largest absolute Gasteiger partial charge is 0.390 e. The summed E-state index contributed by atoms with van der Waals surface area (Å²) in [7, 11) is 0. The number of aliphatic hydroxyl groups excluding tert-OH is 3. The summed E-state index contributed by atoms with van der Waals surface area (Å²) in [4.78, 5) is 2.45. The molecule has 4 N–H and O–H groups in total. The fourth-order valence-electron chi connectivity index (χ4n) is 1.55. The second-order valence-corrected chi connectivity index (χ2v) is 3.65. The Kier molecular flexibility index (Phi) is 4.25. The first-order valence-electron chi connectivity index (χ1n) is 4.79. The molecular weight excluding hydrogens is 232 g/mol. The first kappa shape index (κ1) is 13.7. The van der Waals surface area contributed by atoms with Crippen LogP contribution in [0.4, 0.5) is 0 Å². The zero-order valence-corrected chi connectivity index (χ0v) is 8.71. The molecule has 0 radical (unpaired) electrons. The van der Waals surface area contributed by atoms with E-state index in [2.05, 4.69) is 10.0 Å². The van der Waals surface area contributed by atoms with Crippen LogP contribution in [0.2, 0.25) is 0 Å². The third-order valence-electron chi connectivity index (χ3n) is 2.59. The number of nitriles is 1. The van der Waals surface area contributed by atoms with Gasteiger partial charge in [0.15, 0.2) is 0 Å². The summed E-state index contributed by atoms with van der Waals surface area (Å²) in [5, 5.41) is 50.0. The van der Waals surface area contributed by atoms with E-state index >= 15 is 0 Å². The minimum atomic E-state index is -2.45. The lowest BCUT2D eigenvalue weighted by Crippen LogP contribution is -2.65. The van der Waals surface area contributed by atoms with E-state index in [4.69, 9.17) is 15.5 Å². The van der Waals surface area contributed by atoms with Gasteiger partial charge < -0.3 is 25.2 Å². The molecule has 0 spiro atoms. The fraction of sp³-hybridized carbons (Fsp3) is 0.875. The molecule has 0 amide bonds. The van der Waals surface area contributed by atoms with Gasteiger partial charge in [0.05, 0.1) is 31.2 Å². The van der Waals surface area contributed by atoms with Gasteiger partial charge in [-0.05, 0) is 5.53 Å². The van der Waals surface area contributed by atoms with Crippen molar-refractivity contribution in [1.29, 1.82) is 5.26 Å². The highest BCUT2D eigenvalue weighted by molar-refractivity contribution is 5.00. The van der Waals surface area contributed by atoms with E-state index in [-0.39, 0.29) is 6.61 Å². The summed E-state index contributed by atoms with van der Waals surface area (Å²) in [6.07, 6.45) is -5.62. The molecule has 1 fully saturated rings. The third kappa shape index (κ3) is 2.48. The molecule has 9 heteroatoms. The van der Waals surface area contributed by atoms with Crippen molar-refractivity contribution in [2.45, 2.75) is 36.6 Å². The van der Waals surface area contributed by atoms with Crippen LogP contribution in [0.15, 0.2) is 5.11 Å². The lowest BCUT2D eigenvalue weighted by atomic mass is 9.91. The zero-order chi connectivity index (χ0) is 13.1. The number of hydrogen-bond donors (Lipinski definition) is 4. The molecule has 1 rings (SSSR count). The highest BCUT2D eigenvalue weighted by Crippen LogP contribution is 2.29. The molecule has 17 heavy (non-hydrogen) atoms. The van der Waals surface area contributed by atoms with Gasteiger partial charge in [0.25, 0.3) is 0 Å². The molecule has 0 aromatic rings. The average Bonchev–Trinajstić information content (AvgIpc) is 2.30. The highest BCUT2D eigenvalue weighted by atomic mass is 16.7. The van der Waals surface area contributed by atoms with Crippen molar-refractivity contribution in [2.24, 2.45) is 5.11 Å². The van der Waals surface area contributed by atoms with Gasteiger partial charge in [-0.1, -0.05) is 5.11 Å². The van der Waals surface area contributed by atoms with Gasteiger partial charge in [-0.3, -0.25) is 0 Å². The van der Waals surface area contributed by atoms with E-state index in [0.29, 0.717) is 0 Å². The monoisotopic (exact) mass is 244 g/mol. The zero-order valence-electron chi connectivity index (χ0n) is 8.71. The van der Waals surface area contributed by atoms with E-state index < -0.39 is 36.6 Å². The second kappa shape index (κ2) is 5.29. The van der Waals surface area contributed by atoms with E-state index in [9.17, 15) is 20.4 Å². The van der Waals surface area contributed by atoms with Crippen molar-refractivity contribution in [3.05, 3.63) is 10.4 Å². The van der Waals surface area contributed by atoms with Gasteiger partial charge >= 0.3 is 0 Å². The minimum absolute atomic E-state index is 0.374.